The second-order valence-corrected chi connectivity index (χ2v) is 10.1. The second kappa shape index (κ2) is 6.50. The van der Waals surface area contributed by atoms with Crippen LogP contribution in [0.15, 0.2) is 0 Å². The van der Waals surface area contributed by atoms with Gasteiger partial charge in [0.15, 0.2) is 0 Å². The van der Waals surface area contributed by atoms with Crippen molar-refractivity contribution in [3.8, 4) is 0 Å². The molecule has 6 aliphatic rings. The quantitative estimate of drug-likeness (QED) is 0.732. The lowest BCUT2D eigenvalue weighted by Crippen LogP contribution is -2.58. The largest absolute Gasteiger partial charge is 0.480 e. The van der Waals surface area contributed by atoms with Crippen LogP contribution in [-0.2, 0) is 9.59 Å². The van der Waals surface area contributed by atoms with E-state index in [0.717, 1.165) is 31.2 Å². The first-order valence-corrected chi connectivity index (χ1v) is 10.8. The van der Waals surface area contributed by atoms with Crippen LogP contribution in [0.4, 0.5) is 0 Å². The zero-order valence-corrected chi connectivity index (χ0v) is 15.6. The van der Waals surface area contributed by atoms with Gasteiger partial charge in [0, 0.05) is 24.5 Å². The summed E-state index contributed by atoms with van der Waals surface area (Å²) in [5.74, 6) is 3.64. The standard InChI is InChI=1S/C21H32N2O3/c24-19(25)11-23(10-12-1-2-12)18-8-17(9-18)22-21(26)20-15-4-13-3-14(6-15)7-16(20)5-13/h12-18,20H,1-11H2,(H,22,26)(H,24,25). The van der Waals surface area contributed by atoms with E-state index in [2.05, 4.69) is 10.2 Å². The Kier molecular flexibility index (Phi) is 4.26. The van der Waals surface area contributed by atoms with Crippen molar-refractivity contribution in [3.05, 3.63) is 0 Å². The van der Waals surface area contributed by atoms with Crippen molar-refractivity contribution in [3.63, 3.8) is 0 Å². The molecule has 0 spiro atoms. The normalized spacial score (nSPS) is 43.3. The minimum absolute atomic E-state index is 0.150. The number of hydrogen-bond donors (Lipinski definition) is 2. The van der Waals surface area contributed by atoms with E-state index in [-0.39, 0.29) is 18.5 Å². The van der Waals surface area contributed by atoms with E-state index in [1.54, 1.807) is 0 Å². The Balaban J connectivity index is 1.13. The van der Waals surface area contributed by atoms with Crippen LogP contribution in [0, 0.1) is 35.5 Å². The molecule has 0 unspecified atom stereocenters. The Morgan fingerprint density at radius 1 is 0.923 bits per heavy atom. The van der Waals surface area contributed by atoms with E-state index in [0.29, 0.717) is 29.7 Å². The molecule has 0 aromatic rings. The number of nitrogens with one attached hydrogen (secondary N) is 1. The van der Waals surface area contributed by atoms with Crippen molar-refractivity contribution in [2.45, 2.75) is 69.9 Å². The summed E-state index contributed by atoms with van der Waals surface area (Å²) in [6, 6.07) is 0.607. The Labute approximate surface area is 155 Å². The molecule has 2 N–H and O–H groups in total. The van der Waals surface area contributed by atoms with Crippen LogP contribution in [0.5, 0.6) is 0 Å². The van der Waals surface area contributed by atoms with Gasteiger partial charge < -0.3 is 10.4 Å². The fourth-order valence-corrected chi connectivity index (χ4v) is 6.80. The highest BCUT2D eigenvalue weighted by molar-refractivity contribution is 5.80. The molecular formula is C21H32N2O3. The molecule has 144 valence electrons. The van der Waals surface area contributed by atoms with Crippen molar-refractivity contribution in [2.75, 3.05) is 13.1 Å². The summed E-state index contributed by atoms with van der Waals surface area (Å²) < 4.78 is 0. The van der Waals surface area contributed by atoms with E-state index < -0.39 is 5.97 Å². The first kappa shape index (κ1) is 17.0. The third-order valence-corrected chi connectivity index (χ3v) is 8.03. The molecular weight excluding hydrogens is 328 g/mol. The Bertz CT molecular complexity index is 554. The Morgan fingerprint density at radius 3 is 2.08 bits per heavy atom. The lowest BCUT2D eigenvalue weighted by Gasteiger charge is -2.54. The molecule has 5 nitrogen and oxygen atoms in total. The summed E-state index contributed by atoms with van der Waals surface area (Å²) in [4.78, 5) is 26.3. The fraction of sp³-hybridized carbons (Fsp3) is 0.905. The maximum atomic E-state index is 13.0. The molecule has 6 rings (SSSR count). The van der Waals surface area contributed by atoms with E-state index in [9.17, 15) is 14.7 Å². The summed E-state index contributed by atoms with van der Waals surface area (Å²) in [5.41, 5.74) is 0. The highest BCUT2D eigenvalue weighted by Crippen LogP contribution is 2.56. The minimum atomic E-state index is -0.730. The molecule has 4 bridgehead atoms. The molecule has 0 heterocycles. The van der Waals surface area contributed by atoms with Crippen molar-refractivity contribution in [1.82, 2.24) is 10.2 Å². The van der Waals surface area contributed by atoms with Gasteiger partial charge in [-0.1, -0.05) is 0 Å². The molecule has 6 saturated carbocycles. The zero-order chi connectivity index (χ0) is 17.8. The van der Waals surface area contributed by atoms with Crippen molar-refractivity contribution >= 4 is 11.9 Å². The molecule has 6 aliphatic carbocycles. The van der Waals surface area contributed by atoms with Gasteiger partial charge in [0.2, 0.25) is 5.91 Å². The highest BCUT2D eigenvalue weighted by Gasteiger charge is 2.51. The summed E-state index contributed by atoms with van der Waals surface area (Å²) in [6.07, 6.45) is 10.9. The monoisotopic (exact) mass is 360 g/mol. The number of amides is 1. The maximum absolute atomic E-state index is 13.0. The van der Waals surface area contributed by atoms with Crippen LogP contribution in [0.3, 0.4) is 0 Å². The van der Waals surface area contributed by atoms with Crippen LogP contribution < -0.4 is 5.32 Å². The fourth-order valence-electron chi connectivity index (χ4n) is 6.80. The molecule has 6 fully saturated rings. The molecule has 1 amide bonds. The zero-order valence-electron chi connectivity index (χ0n) is 15.6. The van der Waals surface area contributed by atoms with Gasteiger partial charge in [0.1, 0.15) is 0 Å². The number of carboxylic acid groups (broad SMARTS) is 1. The molecule has 0 radical (unpaired) electrons. The van der Waals surface area contributed by atoms with Gasteiger partial charge >= 0.3 is 5.97 Å². The summed E-state index contributed by atoms with van der Waals surface area (Å²) >= 11 is 0. The number of nitrogens with zero attached hydrogens (tertiary/aromatic N) is 1. The van der Waals surface area contributed by atoms with Gasteiger partial charge in [-0.2, -0.15) is 0 Å². The third-order valence-electron chi connectivity index (χ3n) is 8.03. The Hall–Kier alpha value is -1.10. The number of aliphatic carboxylic acids is 1. The topological polar surface area (TPSA) is 69.6 Å². The van der Waals surface area contributed by atoms with Crippen molar-refractivity contribution < 1.29 is 14.7 Å². The highest BCUT2D eigenvalue weighted by atomic mass is 16.4. The number of carbonyl (C=O) groups is 2. The average Bonchev–Trinajstić information content (AvgIpc) is 3.32. The SMILES string of the molecule is O=C(O)CN(CC1CC1)C1CC(NC(=O)C2C3CC4CC(C3)CC2C4)C1. The molecule has 0 saturated heterocycles. The van der Waals surface area contributed by atoms with Gasteiger partial charge in [-0.05, 0) is 87.4 Å². The smallest absolute Gasteiger partial charge is 0.317 e. The molecule has 5 heteroatoms. The second-order valence-electron chi connectivity index (χ2n) is 10.1. The van der Waals surface area contributed by atoms with Crippen LogP contribution in [0.1, 0.15) is 57.8 Å². The maximum Gasteiger partial charge on any atom is 0.317 e. The summed E-state index contributed by atoms with van der Waals surface area (Å²) in [6.45, 7) is 1.07. The number of carboxylic acids is 1. The van der Waals surface area contributed by atoms with Crippen LogP contribution in [0.25, 0.3) is 0 Å². The van der Waals surface area contributed by atoms with Crippen LogP contribution in [0.2, 0.25) is 0 Å². The number of hydrogen-bond acceptors (Lipinski definition) is 3. The summed E-state index contributed by atoms with van der Waals surface area (Å²) in [7, 11) is 0. The van der Waals surface area contributed by atoms with E-state index in [1.165, 1.54) is 44.9 Å². The van der Waals surface area contributed by atoms with Gasteiger partial charge in [-0.25, -0.2) is 0 Å². The first-order valence-electron chi connectivity index (χ1n) is 10.8. The Morgan fingerprint density at radius 2 is 1.54 bits per heavy atom. The van der Waals surface area contributed by atoms with E-state index >= 15 is 0 Å². The molecule has 0 aromatic carbocycles. The molecule has 0 aliphatic heterocycles. The lowest BCUT2D eigenvalue weighted by atomic mass is 9.51. The molecule has 26 heavy (non-hydrogen) atoms. The predicted molar refractivity (Wildman–Crippen MR) is 97.4 cm³/mol. The van der Waals surface area contributed by atoms with Gasteiger partial charge in [-0.3, -0.25) is 14.5 Å². The number of carbonyl (C=O) groups excluding carboxylic acids is 1. The lowest BCUT2D eigenvalue weighted by molar-refractivity contribution is -0.142. The van der Waals surface area contributed by atoms with E-state index in [4.69, 9.17) is 0 Å². The predicted octanol–water partition coefficient (Wildman–Crippen LogP) is 2.50. The van der Waals surface area contributed by atoms with Gasteiger partial charge in [0.25, 0.3) is 0 Å². The average molecular weight is 360 g/mol. The van der Waals surface area contributed by atoms with Crippen molar-refractivity contribution in [1.29, 1.82) is 0 Å². The van der Waals surface area contributed by atoms with Crippen molar-refractivity contribution in [2.24, 2.45) is 35.5 Å². The molecule has 0 atom stereocenters. The van der Waals surface area contributed by atoms with E-state index in [1.807, 2.05) is 0 Å². The van der Waals surface area contributed by atoms with Gasteiger partial charge in [0.05, 0.1) is 6.54 Å². The number of rotatable bonds is 7. The first-order chi connectivity index (χ1) is 12.5. The van der Waals surface area contributed by atoms with Crippen LogP contribution in [-0.4, -0.2) is 47.1 Å². The van der Waals surface area contributed by atoms with Crippen LogP contribution >= 0.6 is 0 Å². The molecule has 0 aromatic heterocycles. The summed E-state index contributed by atoms with van der Waals surface area (Å²) in [5, 5.41) is 12.5. The minimum Gasteiger partial charge on any atom is -0.480 e. The van der Waals surface area contributed by atoms with Gasteiger partial charge in [-0.15, -0.1) is 0 Å². The third kappa shape index (κ3) is 3.28.